The first-order valence-electron chi connectivity index (χ1n) is 5.99. The number of rotatable bonds is 4. The fourth-order valence-electron chi connectivity index (χ4n) is 1.77. The van der Waals surface area contributed by atoms with Crippen molar-refractivity contribution in [1.29, 1.82) is 0 Å². The number of anilines is 1. The van der Waals surface area contributed by atoms with Crippen molar-refractivity contribution in [3.05, 3.63) is 40.4 Å². The molecule has 4 nitrogen and oxygen atoms in total. The summed E-state index contributed by atoms with van der Waals surface area (Å²) in [6, 6.07) is 1.88. The minimum Gasteiger partial charge on any atom is -0.380 e. The van der Waals surface area contributed by atoms with Gasteiger partial charge in [-0.25, -0.2) is 0 Å². The van der Waals surface area contributed by atoms with Gasteiger partial charge >= 0.3 is 0 Å². The Morgan fingerprint density at radius 2 is 2.11 bits per heavy atom. The van der Waals surface area contributed by atoms with E-state index in [0.29, 0.717) is 5.02 Å². The second-order valence-corrected chi connectivity index (χ2v) is 4.58. The average Bonchev–Trinajstić information content (AvgIpc) is 2.72. The maximum absolute atomic E-state index is 6.19. The predicted octanol–water partition coefficient (Wildman–Crippen LogP) is 3.18. The van der Waals surface area contributed by atoms with E-state index < -0.39 is 0 Å². The van der Waals surface area contributed by atoms with E-state index in [1.54, 1.807) is 6.20 Å². The molecule has 0 saturated heterocycles. The highest BCUT2D eigenvalue weighted by atomic mass is 35.5. The van der Waals surface area contributed by atoms with Crippen LogP contribution in [-0.4, -0.2) is 14.8 Å². The van der Waals surface area contributed by atoms with Gasteiger partial charge in [0.2, 0.25) is 0 Å². The molecule has 0 aliphatic carbocycles. The summed E-state index contributed by atoms with van der Waals surface area (Å²) in [6.07, 6.45) is 3.82. The number of aryl methyl sites for hydroxylation is 3. The predicted molar refractivity (Wildman–Crippen MR) is 73.9 cm³/mol. The first-order chi connectivity index (χ1) is 8.61. The molecule has 0 spiro atoms. The van der Waals surface area contributed by atoms with Crippen LogP contribution in [0.3, 0.4) is 0 Å². The van der Waals surface area contributed by atoms with Gasteiger partial charge in [-0.2, -0.15) is 5.10 Å². The van der Waals surface area contributed by atoms with Gasteiger partial charge < -0.3 is 5.32 Å². The molecule has 96 valence electrons. The van der Waals surface area contributed by atoms with E-state index in [-0.39, 0.29) is 0 Å². The molecule has 0 aromatic carbocycles. The summed E-state index contributed by atoms with van der Waals surface area (Å²) in [6.45, 7) is 7.59. The Hall–Kier alpha value is -1.55. The fraction of sp³-hybridized carbons (Fsp3) is 0.385. The van der Waals surface area contributed by atoms with Gasteiger partial charge in [-0.3, -0.25) is 9.67 Å². The molecule has 2 aromatic rings. The van der Waals surface area contributed by atoms with Crippen LogP contribution in [-0.2, 0) is 13.1 Å². The Morgan fingerprint density at radius 3 is 2.78 bits per heavy atom. The summed E-state index contributed by atoms with van der Waals surface area (Å²) < 4.78 is 1.94. The Labute approximate surface area is 112 Å². The molecule has 2 heterocycles. The third-order valence-electron chi connectivity index (χ3n) is 2.90. The van der Waals surface area contributed by atoms with Gasteiger partial charge in [-0.1, -0.05) is 11.6 Å². The van der Waals surface area contributed by atoms with Crippen molar-refractivity contribution in [2.45, 2.75) is 33.9 Å². The van der Waals surface area contributed by atoms with Gasteiger partial charge in [0.25, 0.3) is 0 Å². The lowest BCUT2D eigenvalue weighted by Gasteiger charge is -2.08. The van der Waals surface area contributed by atoms with Crippen molar-refractivity contribution in [2.75, 3.05) is 5.32 Å². The molecular weight excluding hydrogens is 248 g/mol. The number of pyridine rings is 1. The quantitative estimate of drug-likeness (QED) is 0.922. The van der Waals surface area contributed by atoms with E-state index in [9.17, 15) is 0 Å². The zero-order valence-corrected chi connectivity index (χ0v) is 11.6. The molecule has 0 saturated carbocycles. The van der Waals surface area contributed by atoms with Crippen LogP contribution in [0.4, 0.5) is 5.69 Å². The molecule has 1 N–H and O–H groups in total. The largest absolute Gasteiger partial charge is 0.380 e. The lowest BCUT2D eigenvalue weighted by Crippen LogP contribution is -2.01. The highest BCUT2D eigenvalue weighted by Crippen LogP contribution is 2.24. The zero-order chi connectivity index (χ0) is 13.1. The number of hydrogen-bond donors (Lipinski definition) is 1. The van der Waals surface area contributed by atoms with Crippen LogP contribution in [0.2, 0.25) is 5.02 Å². The van der Waals surface area contributed by atoms with Crippen molar-refractivity contribution in [3.8, 4) is 0 Å². The molecule has 0 fully saturated rings. The minimum absolute atomic E-state index is 0.679. The van der Waals surface area contributed by atoms with Gasteiger partial charge in [-0.15, -0.1) is 0 Å². The van der Waals surface area contributed by atoms with Gasteiger partial charge in [0.15, 0.2) is 0 Å². The summed E-state index contributed by atoms with van der Waals surface area (Å²) in [5.41, 5.74) is 3.98. The second kappa shape index (κ2) is 5.40. The first kappa shape index (κ1) is 12.9. The molecule has 2 aromatic heterocycles. The van der Waals surface area contributed by atoms with Gasteiger partial charge in [0.05, 0.1) is 22.1 Å². The van der Waals surface area contributed by atoms with Crippen LogP contribution in [0.15, 0.2) is 18.5 Å². The number of hydrogen-bond acceptors (Lipinski definition) is 3. The maximum atomic E-state index is 6.19. The van der Waals surface area contributed by atoms with E-state index in [1.165, 1.54) is 5.56 Å². The standard InChI is InChI=1S/C13H17ClN4/c1-4-18-8-11(9(2)17-18)7-16-12-5-6-15-10(3)13(12)14/h5-6,8H,4,7H2,1-3H3,(H,15,16). The Balaban J connectivity index is 2.11. The number of aromatic nitrogens is 3. The number of nitrogens with one attached hydrogen (secondary N) is 1. The molecule has 0 atom stereocenters. The number of nitrogens with zero attached hydrogens (tertiary/aromatic N) is 3. The van der Waals surface area contributed by atoms with Crippen LogP contribution in [0.1, 0.15) is 23.9 Å². The summed E-state index contributed by atoms with van der Waals surface area (Å²) in [5, 5.41) is 8.41. The fourth-order valence-corrected chi connectivity index (χ4v) is 1.95. The molecule has 0 aliphatic rings. The van der Waals surface area contributed by atoms with E-state index >= 15 is 0 Å². The van der Waals surface area contributed by atoms with Crippen LogP contribution >= 0.6 is 11.6 Å². The van der Waals surface area contributed by atoms with E-state index in [0.717, 1.165) is 30.2 Å². The van der Waals surface area contributed by atoms with Crippen molar-refractivity contribution >= 4 is 17.3 Å². The van der Waals surface area contributed by atoms with Gasteiger partial charge in [-0.05, 0) is 26.8 Å². The highest BCUT2D eigenvalue weighted by molar-refractivity contribution is 6.33. The van der Waals surface area contributed by atoms with Crippen LogP contribution < -0.4 is 5.32 Å². The Bertz CT molecular complexity index is 548. The molecule has 0 amide bonds. The third-order valence-corrected chi connectivity index (χ3v) is 3.38. The summed E-state index contributed by atoms with van der Waals surface area (Å²) in [5.74, 6) is 0. The van der Waals surface area contributed by atoms with E-state index in [4.69, 9.17) is 11.6 Å². The van der Waals surface area contributed by atoms with E-state index in [1.807, 2.05) is 24.6 Å². The van der Waals surface area contributed by atoms with Gasteiger partial charge in [0.1, 0.15) is 0 Å². The summed E-state index contributed by atoms with van der Waals surface area (Å²) >= 11 is 6.19. The molecule has 2 rings (SSSR count). The Kier molecular flexibility index (Phi) is 3.87. The highest BCUT2D eigenvalue weighted by Gasteiger charge is 2.06. The average molecular weight is 265 g/mol. The van der Waals surface area contributed by atoms with Crippen LogP contribution in [0, 0.1) is 13.8 Å². The van der Waals surface area contributed by atoms with Crippen molar-refractivity contribution < 1.29 is 0 Å². The molecule has 0 radical (unpaired) electrons. The minimum atomic E-state index is 0.679. The lowest BCUT2D eigenvalue weighted by molar-refractivity contribution is 0.653. The van der Waals surface area contributed by atoms with Crippen LogP contribution in [0.5, 0.6) is 0 Å². The molecule has 0 unspecified atom stereocenters. The normalized spacial score (nSPS) is 10.7. The third kappa shape index (κ3) is 2.64. The van der Waals surface area contributed by atoms with Crippen molar-refractivity contribution in [3.63, 3.8) is 0 Å². The maximum Gasteiger partial charge on any atom is 0.0849 e. The first-order valence-corrected chi connectivity index (χ1v) is 6.37. The van der Waals surface area contributed by atoms with Crippen molar-refractivity contribution in [2.24, 2.45) is 0 Å². The van der Waals surface area contributed by atoms with E-state index in [2.05, 4.69) is 28.5 Å². The zero-order valence-electron chi connectivity index (χ0n) is 10.9. The van der Waals surface area contributed by atoms with Crippen molar-refractivity contribution in [1.82, 2.24) is 14.8 Å². The monoisotopic (exact) mass is 264 g/mol. The Morgan fingerprint density at radius 1 is 1.33 bits per heavy atom. The van der Waals surface area contributed by atoms with Gasteiger partial charge in [0, 0.05) is 31.0 Å². The molecule has 18 heavy (non-hydrogen) atoms. The molecule has 0 bridgehead atoms. The summed E-state index contributed by atoms with van der Waals surface area (Å²) in [7, 11) is 0. The second-order valence-electron chi connectivity index (χ2n) is 4.21. The molecular formula is C13H17ClN4. The van der Waals surface area contributed by atoms with Crippen LogP contribution in [0.25, 0.3) is 0 Å². The molecule has 0 aliphatic heterocycles. The number of halogens is 1. The lowest BCUT2D eigenvalue weighted by atomic mass is 10.2. The topological polar surface area (TPSA) is 42.7 Å². The molecule has 5 heteroatoms. The SMILES string of the molecule is CCn1cc(CNc2ccnc(C)c2Cl)c(C)n1. The summed E-state index contributed by atoms with van der Waals surface area (Å²) in [4.78, 5) is 4.14. The smallest absolute Gasteiger partial charge is 0.0849 e.